The highest BCUT2D eigenvalue weighted by Gasteiger charge is 2.05. The Morgan fingerprint density at radius 2 is 2.10 bits per heavy atom. The van der Waals surface area contributed by atoms with Gasteiger partial charge in [-0.25, -0.2) is 4.98 Å². The summed E-state index contributed by atoms with van der Waals surface area (Å²) in [6, 6.07) is 7.46. The zero-order valence-electron chi connectivity index (χ0n) is 11.7. The molecule has 0 saturated heterocycles. The maximum Gasteiger partial charge on any atom is 0.224 e. The second-order valence-electron chi connectivity index (χ2n) is 4.49. The lowest BCUT2D eigenvalue weighted by molar-refractivity contribution is -0.120. The van der Waals surface area contributed by atoms with Gasteiger partial charge in [-0.3, -0.25) is 4.79 Å². The van der Waals surface area contributed by atoms with Crippen molar-refractivity contribution in [3.63, 3.8) is 0 Å². The SMILES string of the molecule is COc1ccc(CC(=O)NCCc2ncc(C)o2)cc1. The Balaban J connectivity index is 1.74. The van der Waals surface area contributed by atoms with Crippen LogP contribution in [-0.2, 0) is 17.6 Å². The van der Waals surface area contributed by atoms with Crippen LogP contribution in [0, 0.1) is 6.92 Å². The van der Waals surface area contributed by atoms with Crippen LogP contribution in [-0.4, -0.2) is 24.5 Å². The fourth-order valence-electron chi connectivity index (χ4n) is 1.82. The van der Waals surface area contributed by atoms with E-state index in [2.05, 4.69) is 10.3 Å². The molecule has 0 spiro atoms. The van der Waals surface area contributed by atoms with Gasteiger partial charge in [0, 0.05) is 13.0 Å². The van der Waals surface area contributed by atoms with E-state index in [1.807, 2.05) is 31.2 Å². The van der Waals surface area contributed by atoms with Crippen molar-refractivity contribution in [1.82, 2.24) is 10.3 Å². The van der Waals surface area contributed by atoms with E-state index in [9.17, 15) is 4.79 Å². The number of carbonyl (C=O) groups excluding carboxylic acids is 1. The zero-order chi connectivity index (χ0) is 14.4. The summed E-state index contributed by atoms with van der Waals surface area (Å²) in [7, 11) is 1.62. The van der Waals surface area contributed by atoms with Gasteiger partial charge in [0.1, 0.15) is 11.5 Å². The van der Waals surface area contributed by atoms with Crippen LogP contribution in [0.2, 0.25) is 0 Å². The Bertz CT molecular complexity index is 561. The fourth-order valence-corrected chi connectivity index (χ4v) is 1.82. The number of ether oxygens (including phenoxy) is 1. The molecule has 5 nitrogen and oxygen atoms in total. The summed E-state index contributed by atoms with van der Waals surface area (Å²) in [6.45, 7) is 2.37. The van der Waals surface area contributed by atoms with Gasteiger partial charge in [0.25, 0.3) is 0 Å². The van der Waals surface area contributed by atoms with E-state index in [0.29, 0.717) is 25.3 Å². The lowest BCUT2D eigenvalue weighted by Gasteiger charge is -2.05. The first-order valence-electron chi connectivity index (χ1n) is 6.48. The molecule has 0 saturated carbocycles. The number of hydrogen-bond donors (Lipinski definition) is 1. The van der Waals surface area contributed by atoms with Crippen LogP contribution in [0.15, 0.2) is 34.9 Å². The normalized spacial score (nSPS) is 10.3. The number of carbonyl (C=O) groups is 1. The molecule has 0 unspecified atom stereocenters. The molecule has 0 aliphatic heterocycles. The van der Waals surface area contributed by atoms with Crippen molar-refractivity contribution < 1.29 is 13.9 Å². The van der Waals surface area contributed by atoms with Gasteiger partial charge in [0.2, 0.25) is 5.91 Å². The average molecular weight is 274 g/mol. The molecule has 1 aromatic carbocycles. The first-order chi connectivity index (χ1) is 9.67. The van der Waals surface area contributed by atoms with Gasteiger partial charge in [0.15, 0.2) is 5.89 Å². The monoisotopic (exact) mass is 274 g/mol. The van der Waals surface area contributed by atoms with Crippen LogP contribution in [0.4, 0.5) is 0 Å². The third kappa shape index (κ3) is 4.12. The van der Waals surface area contributed by atoms with E-state index >= 15 is 0 Å². The number of oxazole rings is 1. The molecule has 0 aliphatic rings. The number of rotatable bonds is 6. The highest BCUT2D eigenvalue weighted by molar-refractivity contribution is 5.78. The van der Waals surface area contributed by atoms with E-state index in [4.69, 9.17) is 9.15 Å². The average Bonchev–Trinajstić information content (AvgIpc) is 2.85. The molecular weight excluding hydrogens is 256 g/mol. The Hall–Kier alpha value is -2.30. The van der Waals surface area contributed by atoms with E-state index in [-0.39, 0.29) is 5.91 Å². The first-order valence-corrected chi connectivity index (χ1v) is 6.48. The highest BCUT2D eigenvalue weighted by Crippen LogP contribution is 2.11. The summed E-state index contributed by atoms with van der Waals surface area (Å²) in [6.07, 6.45) is 2.63. The lowest BCUT2D eigenvalue weighted by Crippen LogP contribution is -2.27. The molecule has 1 heterocycles. The molecule has 1 amide bonds. The zero-order valence-corrected chi connectivity index (χ0v) is 11.7. The van der Waals surface area contributed by atoms with E-state index in [1.165, 1.54) is 0 Å². The first kappa shape index (κ1) is 14.1. The van der Waals surface area contributed by atoms with Crippen molar-refractivity contribution in [3.8, 4) is 5.75 Å². The predicted molar refractivity (Wildman–Crippen MR) is 74.7 cm³/mol. The van der Waals surface area contributed by atoms with Crippen LogP contribution in [0.25, 0.3) is 0 Å². The molecule has 1 N–H and O–H groups in total. The standard InChI is InChI=1S/C15H18N2O3/c1-11-10-17-15(20-11)7-8-16-14(18)9-12-3-5-13(19-2)6-4-12/h3-6,10H,7-9H2,1-2H3,(H,16,18). The molecule has 106 valence electrons. The third-order valence-corrected chi connectivity index (χ3v) is 2.85. The van der Waals surface area contributed by atoms with Crippen molar-refractivity contribution in [1.29, 1.82) is 0 Å². The quantitative estimate of drug-likeness (QED) is 0.873. The molecule has 0 aliphatic carbocycles. The van der Waals surface area contributed by atoms with Crippen LogP contribution in [0.1, 0.15) is 17.2 Å². The molecule has 1 aromatic heterocycles. The summed E-state index contributed by atoms with van der Waals surface area (Å²) in [5.74, 6) is 2.20. The number of aromatic nitrogens is 1. The molecule has 20 heavy (non-hydrogen) atoms. The minimum atomic E-state index is -0.0153. The van der Waals surface area contributed by atoms with Gasteiger partial charge in [-0.2, -0.15) is 0 Å². The summed E-state index contributed by atoms with van der Waals surface area (Å²) in [5, 5.41) is 2.85. The topological polar surface area (TPSA) is 64.4 Å². The molecule has 2 aromatic rings. The van der Waals surface area contributed by atoms with Crippen molar-refractivity contribution in [2.75, 3.05) is 13.7 Å². The maximum atomic E-state index is 11.8. The van der Waals surface area contributed by atoms with Crippen LogP contribution >= 0.6 is 0 Å². The van der Waals surface area contributed by atoms with Crippen molar-refractivity contribution in [3.05, 3.63) is 47.7 Å². The number of nitrogens with zero attached hydrogens (tertiary/aromatic N) is 1. The Morgan fingerprint density at radius 1 is 1.35 bits per heavy atom. The fraction of sp³-hybridized carbons (Fsp3) is 0.333. The number of amides is 1. The third-order valence-electron chi connectivity index (χ3n) is 2.85. The lowest BCUT2D eigenvalue weighted by atomic mass is 10.1. The number of aryl methyl sites for hydroxylation is 1. The number of methoxy groups -OCH3 is 1. The maximum absolute atomic E-state index is 11.8. The Kier molecular flexibility index (Phi) is 4.76. The number of benzene rings is 1. The number of hydrogen-bond acceptors (Lipinski definition) is 4. The summed E-state index contributed by atoms with van der Waals surface area (Å²) < 4.78 is 10.4. The van der Waals surface area contributed by atoms with Crippen LogP contribution < -0.4 is 10.1 Å². The van der Waals surface area contributed by atoms with E-state index in [1.54, 1.807) is 13.3 Å². The minimum Gasteiger partial charge on any atom is -0.497 e. The second kappa shape index (κ2) is 6.75. The van der Waals surface area contributed by atoms with Gasteiger partial charge in [-0.05, 0) is 24.6 Å². The molecule has 2 rings (SSSR count). The second-order valence-corrected chi connectivity index (χ2v) is 4.49. The van der Waals surface area contributed by atoms with Gasteiger partial charge in [0.05, 0.1) is 19.7 Å². The van der Waals surface area contributed by atoms with E-state index < -0.39 is 0 Å². The summed E-state index contributed by atoms with van der Waals surface area (Å²) in [5.41, 5.74) is 0.954. The van der Waals surface area contributed by atoms with Crippen molar-refractivity contribution in [2.45, 2.75) is 19.8 Å². The molecule has 0 fully saturated rings. The Labute approximate surface area is 118 Å². The Morgan fingerprint density at radius 3 is 2.70 bits per heavy atom. The summed E-state index contributed by atoms with van der Waals surface area (Å²) in [4.78, 5) is 15.9. The van der Waals surface area contributed by atoms with Gasteiger partial charge in [-0.15, -0.1) is 0 Å². The van der Waals surface area contributed by atoms with Gasteiger partial charge in [-0.1, -0.05) is 12.1 Å². The molecule has 5 heteroatoms. The van der Waals surface area contributed by atoms with Gasteiger partial charge < -0.3 is 14.5 Å². The van der Waals surface area contributed by atoms with E-state index in [0.717, 1.165) is 17.1 Å². The smallest absolute Gasteiger partial charge is 0.224 e. The van der Waals surface area contributed by atoms with Crippen LogP contribution in [0.3, 0.4) is 0 Å². The molecule has 0 radical (unpaired) electrons. The molecular formula is C15H18N2O3. The predicted octanol–water partition coefficient (Wildman–Crippen LogP) is 1.89. The molecule has 0 bridgehead atoms. The van der Waals surface area contributed by atoms with Crippen LogP contribution in [0.5, 0.6) is 5.75 Å². The highest BCUT2D eigenvalue weighted by atomic mass is 16.5. The summed E-state index contributed by atoms with van der Waals surface area (Å²) >= 11 is 0. The van der Waals surface area contributed by atoms with Crippen molar-refractivity contribution in [2.24, 2.45) is 0 Å². The minimum absolute atomic E-state index is 0.0153. The molecule has 0 atom stereocenters. The van der Waals surface area contributed by atoms with Crippen molar-refractivity contribution >= 4 is 5.91 Å². The largest absolute Gasteiger partial charge is 0.497 e. The number of nitrogens with one attached hydrogen (secondary N) is 1. The van der Waals surface area contributed by atoms with Gasteiger partial charge >= 0.3 is 0 Å².